The molecule has 3 rings (SSSR count). The Labute approximate surface area is 171 Å². The summed E-state index contributed by atoms with van der Waals surface area (Å²) in [6.07, 6.45) is 2.79. The van der Waals surface area contributed by atoms with E-state index in [2.05, 4.69) is 16.2 Å². The number of hydrazine groups is 1. The van der Waals surface area contributed by atoms with Gasteiger partial charge in [0.2, 0.25) is 10.0 Å². The quantitative estimate of drug-likeness (QED) is 0.637. The van der Waals surface area contributed by atoms with Crippen LogP contribution >= 0.6 is 0 Å². The van der Waals surface area contributed by atoms with Gasteiger partial charge in [-0.25, -0.2) is 13.4 Å². The number of nitrogens with zero attached hydrogens (tertiary/aromatic N) is 2. The molecule has 9 nitrogen and oxygen atoms in total. The molecule has 1 aliphatic heterocycles. The van der Waals surface area contributed by atoms with E-state index in [4.69, 9.17) is 14.7 Å². The SMILES string of the molecule is COc1ccc(C(=O)NN(CCC#N)C2NS(=O)(=O)C3CCCCC23)cc1OC. The van der Waals surface area contributed by atoms with Gasteiger partial charge in [-0.05, 0) is 31.0 Å². The number of carbonyl (C=O) groups is 1. The Morgan fingerprint density at radius 2 is 2.00 bits per heavy atom. The number of sulfonamides is 1. The van der Waals surface area contributed by atoms with Crippen molar-refractivity contribution in [1.82, 2.24) is 15.2 Å². The predicted molar refractivity (Wildman–Crippen MR) is 106 cm³/mol. The van der Waals surface area contributed by atoms with Crippen molar-refractivity contribution in [3.63, 3.8) is 0 Å². The molecule has 10 heteroatoms. The van der Waals surface area contributed by atoms with Crippen LogP contribution in [0.1, 0.15) is 42.5 Å². The predicted octanol–water partition coefficient (Wildman–Crippen LogP) is 1.38. The minimum Gasteiger partial charge on any atom is -0.493 e. The molecule has 0 bridgehead atoms. The minimum absolute atomic E-state index is 0.127. The average molecular weight is 423 g/mol. The van der Waals surface area contributed by atoms with Crippen LogP contribution in [-0.4, -0.2) is 51.5 Å². The van der Waals surface area contributed by atoms with Crippen LogP contribution in [0.25, 0.3) is 0 Å². The van der Waals surface area contributed by atoms with Gasteiger partial charge in [0.1, 0.15) is 0 Å². The number of hydrogen-bond acceptors (Lipinski definition) is 7. The van der Waals surface area contributed by atoms with Crippen LogP contribution in [0.2, 0.25) is 0 Å². The van der Waals surface area contributed by atoms with Crippen LogP contribution in [0.4, 0.5) is 0 Å². The van der Waals surface area contributed by atoms with Crippen molar-refractivity contribution in [2.24, 2.45) is 5.92 Å². The second kappa shape index (κ2) is 8.98. The molecule has 1 aromatic rings. The van der Waals surface area contributed by atoms with Gasteiger partial charge in [0.25, 0.3) is 5.91 Å². The second-order valence-corrected chi connectivity index (χ2v) is 9.14. The molecule has 0 radical (unpaired) electrons. The van der Waals surface area contributed by atoms with Crippen LogP contribution < -0.4 is 19.6 Å². The fourth-order valence-electron chi connectivity index (χ4n) is 4.12. The molecular weight excluding hydrogens is 396 g/mol. The normalized spacial score (nSPS) is 25.1. The van der Waals surface area contributed by atoms with Gasteiger partial charge in [-0.3, -0.25) is 10.2 Å². The van der Waals surface area contributed by atoms with Crippen molar-refractivity contribution in [2.75, 3.05) is 20.8 Å². The standard InChI is InChI=1S/C19H26N4O5S/c1-27-15-9-8-13(12-16(15)28-2)19(24)21-23(11-5-10-20)18-14-6-3-4-7-17(14)29(25,26)22-18/h8-9,12,14,17-18,22H,3-7,11H2,1-2H3,(H,21,24). The number of amides is 1. The highest BCUT2D eigenvalue weighted by atomic mass is 32.2. The van der Waals surface area contributed by atoms with Gasteiger partial charge in [-0.2, -0.15) is 9.98 Å². The van der Waals surface area contributed by atoms with E-state index in [9.17, 15) is 13.2 Å². The zero-order valence-corrected chi connectivity index (χ0v) is 17.4. The summed E-state index contributed by atoms with van der Waals surface area (Å²) < 4.78 is 38.2. The molecule has 1 saturated carbocycles. The Morgan fingerprint density at radius 1 is 1.28 bits per heavy atom. The molecule has 1 heterocycles. The summed E-state index contributed by atoms with van der Waals surface area (Å²) in [7, 11) is -0.460. The highest BCUT2D eigenvalue weighted by Crippen LogP contribution is 2.37. The van der Waals surface area contributed by atoms with Crippen LogP contribution in [0.3, 0.4) is 0 Å². The summed E-state index contributed by atoms with van der Waals surface area (Å²) in [6, 6.07) is 6.83. The summed E-state index contributed by atoms with van der Waals surface area (Å²) in [4.78, 5) is 12.9. The smallest absolute Gasteiger partial charge is 0.265 e. The van der Waals surface area contributed by atoms with Crippen molar-refractivity contribution < 1.29 is 22.7 Å². The number of carbonyl (C=O) groups excluding carboxylic acids is 1. The number of methoxy groups -OCH3 is 2. The van der Waals surface area contributed by atoms with E-state index in [1.54, 1.807) is 23.2 Å². The summed E-state index contributed by atoms with van der Waals surface area (Å²) in [5.41, 5.74) is 3.13. The van der Waals surface area contributed by atoms with E-state index in [0.717, 1.165) is 19.3 Å². The lowest BCUT2D eigenvalue weighted by atomic mass is 9.86. The van der Waals surface area contributed by atoms with E-state index in [1.165, 1.54) is 14.2 Å². The third-order valence-electron chi connectivity index (χ3n) is 5.53. The second-order valence-electron chi connectivity index (χ2n) is 7.21. The monoisotopic (exact) mass is 422 g/mol. The Balaban J connectivity index is 1.82. The first kappa shape index (κ1) is 21.4. The number of hydrogen-bond donors (Lipinski definition) is 2. The summed E-state index contributed by atoms with van der Waals surface area (Å²) >= 11 is 0. The summed E-state index contributed by atoms with van der Waals surface area (Å²) in [5, 5.41) is 10.1. The highest BCUT2D eigenvalue weighted by Gasteiger charge is 2.50. The van der Waals surface area contributed by atoms with E-state index in [-0.39, 0.29) is 18.9 Å². The van der Waals surface area contributed by atoms with Crippen molar-refractivity contribution >= 4 is 15.9 Å². The molecule has 1 aromatic carbocycles. The molecule has 0 spiro atoms. The molecule has 0 aromatic heterocycles. The fraction of sp³-hybridized carbons (Fsp3) is 0.579. The third kappa shape index (κ3) is 4.47. The maximum Gasteiger partial charge on any atom is 0.265 e. The molecule has 3 unspecified atom stereocenters. The first-order chi connectivity index (χ1) is 13.9. The van der Waals surface area contributed by atoms with Gasteiger partial charge >= 0.3 is 0 Å². The first-order valence-corrected chi connectivity index (χ1v) is 11.1. The van der Waals surface area contributed by atoms with Gasteiger partial charge in [0, 0.05) is 24.4 Å². The lowest BCUT2D eigenvalue weighted by molar-refractivity contribution is 0.0532. The van der Waals surface area contributed by atoms with Crippen molar-refractivity contribution in [3.8, 4) is 17.6 Å². The number of benzene rings is 1. The molecule has 3 atom stereocenters. The molecule has 29 heavy (non-hydrogen) atoms. The van der Waals surface area contributed by atoms with E-state index in [0.29, 0.717) is 23.5 Å². The lowest BCUT2D eigenvalue weighted by Gasteiger charge is -2.34. The van der Waals surface area contributed by atoms with Crippen molar-refractivity contribution in [1.29, 1.82) is 5.26 Å². The van der Waals surface area contributed by atoms with E-state index in [1.807, 2.05) is 0 Å². The van der Waals surface area contributed by atoms with Crippen LogP contribution in [0, 0.1) is 17.2 Å². The maximum atomic E-state index is 12.9. The molecule has 1 aliphatic carbocycles. The van der Waals surface area contributed by atoms with Crippen molar-refractivity contribution in [2.45, 2.75) is 43.5 Å². The first-order valence-electron chi connectivity index (χ1n) is 9.59. The van der Waals surface area contributed by atoms with E-state index < -0.39 is 27.3 Å². The van der Waals surface area contributed by atoms with E-state index >= 15 is 0 Å². The Kier molecular flexibility index (Phi) is 6.62. The Hall–Kier alpha value is -2.35. The molecule has 2 fully saturated rings. The molecule has 1 amide bonds. The lowest BCUT2D eigenvalue weighted by Crippen LogP contribution is -2.55. The zero-order chi connectivity index (χ0) is 21.0. The van der Waals surface area contributed by atoms with Crippen LogP contribution in [0.15, 0.2) is 18.2 Å². The molecule has 158 valence electrons. The summed E-state index contributed by atoms with van der Waals surface area (Å²) in [5.74, 6) is 0.372. The van der Waals surface area contributed by atoms with Gasteiger partial charge < -0.3 is 9.47 Å². The number of nitrogens with one attached hydrogen (secondary N) is 2. The van der Waals surface area contributed by atoms with Crippen molar-refractivity contribution in [3.05, 3.63) is 23.8 Å². The number of ether oxygens (including phenoxy) is 2. The zero-order valence-electron chi connectivity index (χ0n) is 16.6. The topological polar surface area (TPSA) is 121 Å². The van der Waals surface area contributed by atoms with Gasteiger partial charge in [0.05, 0.1) is 31.7 Å². The maximum absolute atomic E-state index is 12.9. The molecular formula is C19H26N4O5S. The number of fused-ring (bicyclic) bond motifs is 1. The molecule has 1 saturated heterocycles. The van der Waals surface area contributed by atoms with Crippen LogP contribution in [0.5, 0.6) is 11.5 Å². The highest BCUT2D eigenvalue weighted by molar-refractivity contribution is 7.90. The number of nitriles is 1. The van der Waals surface area contributed by atoms with Gasteiger partial charge in [-0.15, -0.1) is 0 Å². The molecule has 2 aliphatic rings. The summed E-state index contributed by atoms with van der Waals surface area (Å²) in [6.45, 7) is 0.214. The van der Waals surface area contributed by atoms with Gasteiger partial charge in [-0.1, -0.05) is 12.8 Å². The fourth-order valence-corrected chi connectivity index (χ4v) is 6.15. The Bertz CT molecular complexity index is 898. The van der Waals surface area contributed by atoms with Crippen LogP contribution in [-0.2, 0) is 10.0 Å². The molecule has 2 N–H and O–H groups in total. The largest absolute Gasteiger partial charge is 0.493 e. The number of rotatable bonds is 7. The third-order valence-corrected chi connectivity index (χ3v) is 7.49. The average Bonchev–Trinajstić information content (AvgIpc) is 3.01. The minimum atomic E-state index is -3.45. The van der Waals surface area contributed by atoms with Gasteiger partial charge in [0.15, 0.2) is 11.5 Å². The Morgan fingerprint density at radius 3 is 2.69 bits per heavy atom.